The number of aryl methyl sites for hydroxylation is 2. The predicted molar refractivity (Wildman–Crippen MR) is 132 cm³/mol. The summed E-state index contributed by atoms with van der Waals surface area (Å²) in [5.74, 6) is 1.91. The van der Waals surface area contributed by atoms with Gasteiger partial charge in [-0.3, -0.25) is 9.67 Å². The molecule has 3 aromatic rings. The van der Waals surface area contributed by atoms with Gasteiger partial charge in [0.05, 0.1) is 19.3 Å². The lowest BCUT2D eigenvalue weighted by Gasteiger charge is -2.34. The maximum absolute atomic E-state index is 5.96. The maximum atomic E-state index is 5.96. The van der Waals surface area contributed by atoms with Gasteiger partial charge in [-0.25, -0.2) is 4.98 Å². The quantitative estimate of drug-likeness (QED) is 0.309. The van der Waals surface area contributed by atoms with Crippen LogP contribution in [0.15, 0.2) is 54.0 Å². The Balaban J connectivity index is 0.00000272. The molecular formula is C22H30IN7O. The molecule has 31 heavy (non-hydrogen) atoms. The fourth-order valence-electron chi connectivity index (χ4n) is 3.77. The van der Waals surface area contributed by atoms with E-state index < -0.39 is 0 Å². The molecule has 166 valence electrons. The molecular weight excluding hydrogens is 505 g/mol. The lowest BCUT2D eigenvalue weighted by Crippen LogP contribution is -2.47. The summed E-state index contributed by atoms with van der Waals surface area (Å²) in [6.45, 7) is 5.81. The van der Waals surface area contributed by atoms with Gasteiger partial charge in [0.25, 0.3) is 0 Å². The Morgan fingerprint density at radius 3 is 2.87 bits per heavy atom. The van der Waals surface area contributed by atoms with Gasteiger partial charge in [0.15, 0.2) is 5.96 Å². The number of aromatic nitrogens is 4. The smallest absolute Gasteiger partial charge is 0.194 e. The number of aliphatic imine (C=N–C) groups is 1. The number of hydrogen-bond donors (Lipinski definition) is 1. The number of imidazole rings is 1. The van der Waals surface area contributed by atoms with E-state index in [-0.39, 0.29) is 30.1 Å². The van der Waals surface area contributed by atoms with E-state index in [9.17, 15) is 0 Å². The average Bonchev–Trinajstić information content (AvgIpc) is 3.37. The number of nitrogens with one attached hydrogen (secondary N) is 1. The lowest BCUT2D eigenvalue weighted by molar-refractivity contribution is -0.00805. The van der Waals surface area contributed by atoms with Crippen molar-refractivity contribution in [1.82, 2.24) is 29.5 Å². The highest BCUT2D eigenvalue weighted by molar-refractivity contribution is 14.0. The van der Waals surface area contributed by atoms with Crippen LogP contribution in [0.4, 0.5) is 0 Å². The zero-order valence-corrected chi connectivity index (χ0v) is 20.6. The van der Waals surface area contributed by atoms with Crippen molar-refractivity contribution in [2.75, 3.05) is 26.7 Å². The Hall–Kier alpha value is -2.40. The van der Waals surface area contributed by atoms with Gasteiger partial charge in [0.1, 0.15) is 11.9 Å². The molecule has 0 aliphatic carbocycles. The fraction of sp³-hybridized carbons (Fsp3) is 0.409. The third-order valence-corrected chi connectivity index (χ3v) is 5.39. The number of halogens is 1. The van der Waals surface area contributed by atoms with Crippen LogP contribution in [0.3, 0.4) is 0 Å². The number of hydrogen-bond acceptors (Lipinski definition) is 4. The third kappa shape index (κ3) is 5.85. The minimum Gasteiger partial charge on any atom is -0.370 e. The average molecular weight is 535 g/mol. The first-order valence-electron chi connectivity index (χ1n) is 10.2. The standard InChI is InChI=1S/C22H29N7O.HI/c1-17-24-7-8-28(17)14-19-6-4-5-18(11-19)12-25-22(23-2)29-9-10-30-21(16-29)20-13-26-27(3)15-20;/h4-8,11,13,15,21H,9-10,12,14,16H2,1-3H3,(H,23,25);1H. The van der Waals surface area contributed by atoms with E-state index in [4.69, 9.17) is 4.74 Å². The molecule has 8 nitrogen and oxygen atoms in total. The molecule has 1 aliphatic rings. The summed E-state index contributed by atoms with van der Waals surface area (Å²) in [7, 11) is 3.75. The Bertz CT molecular complexity index is 1010. The van der Waals surface area contributed by atoms with Crippen LogP contribution >= 0.6 is 24.0 Å². The Labute approximate surface area is 200 Å². The first-order valence-corrected chi connectivity index (χ1v) is 10.2. The van der Waals surface area contributed by atoms with Gasteiger partial charge >= 0.3 is 0 Å². The molecule has 1 saturated heterocycles. The number of rotatable bonds is 5. The van der Waals surface area contributed by atoms with E-state index >= 15 is 0 Å². The summed E-state index contributed by atoms with van der Waals surface area (Å²) >= 11 is 0. The second-order valence-corrected chi connectivity index (χ2v) is 7.58. The number of morpholine rings is 1. The predicted octanol–water partition coefficient (Wildman–Crippen LogP) is 2.74. The van der Waals surface area contributed by atoms with Crippen molar-refractivity contribution in [1.29, 1.82) is 0 Å². The Morgan fingerprint density at radius 1 is 1.32 bits per heavy atom. The molecule has 0 radical (unpaired) electrons. The van der Waals surface area contributed by atoms with Gasteiger partial charge in [-0.15, -0.1) is 24.0 Å². The molecule has 9 heteroatoms. The number of nitrogens with zero attached hydrogens (tertiary/aromatic N) is 6. The zero-order valence-electron chi connectivity index (χ0n) is 18.2. The molecule has 0 spiro atoms. The Kier molecular flexibility index (Phi) is 8.08. The van der Waals surface area contributed by atoms with E-state index in [2.05, 4.69) is 54.1 Å². The van der Waals surface area contributed by atoms with Crippen molar-refractivity contribution in [3.8, 4) is 0 Å². The van der Waals surface area contributed by atoms with Crippen molar-refractivity contribution in [3.05, 3.63) is 71.6 Å². The van der Waals surface area contributed by atoms with E-state index in [1.165, 1.54) is 11.1 Å². The van der Waals surface area contributed by atoms with Crippen LogP contribution in [0.5, 0.6) is 0 Å². The monoisotopic (exact) mass is 535 g/mol. The van der Waals surface area contributed by atoms with E-state index in [1.54, 1.807) is 0 Å². The highest BCUT2D eigenvalue weighted by atomic mass is 127. The minimum absolute atomic E-state index is 0. The van der Waals surface area contributed by atoms with Crippen LogP contribution in [0, 0.1) is 6.92 Å². The lowest BCUT2D eigenvalue weighted by atomic mass is 10.1. The highest BCUT2D eigenvalue weighted by Gasteiger charge is 2.25. The molecule has 1 fully saturated rings. The summed E-state index contributed by atoms with van der Waals surface area (Å²) in [5.41, 5.74) is 3.58. The molecule has 1 unspecified atom stereocenters. The molecule has 0 bridgehead atoms. The van der Waals surface area contributed by atoms with Gasteiger partial charge in [0.2, 0.25) is 0 Å². The second-order valence-electron chi connectivity index (χ2n) is 7.58. The van der Waals surface area contributed by atoms with Crippen LogP contribution in [-0.2, 0) is 24.9 Å². The molecule has 1 atom stereocenters. The minimum atomic E-state index is 0. The van der Waals surface area contributed by atoms with Crippen LogP contribution in [0.2, 0.25) is 0 Å². The second kappa shape index (κ2) is 10.8. The number of guanidine groups is 1. The van der Waals surface area contributed by atoms with Crippen LogP contribution in [0.25, 0.3) is 0 Å². The van der Waals surface area contributed by atoms with Crippen LogP contribution in [0.1, 0.15) is 28.6 Å². The van der Waals surface area contributed by atoms with Crippen molar-refractivity contribution < 1.29 is 4.74 Å². The van der Waals surface area contributed by atoms with Crippen molar-refractivity contribution in [2.24, 2.45) is 12.0 Å². The van der Waals surface area contributed by atoms with Gasteiger partial charge < -0.3 is 19.5 Å². The molecule has 0 amide bonds. The van der Waals surface area contributed by atoms with Gasteiger partial charge in [0, 0.05) is 57.9 Å². The fourth-order valence-corrected chi connectivity index (χ4v) is 3.77. The molecule has 1 aromatic carbocycles. The van der Waals surface area contributed by atoms with Crippen molar-refractivity contribution >= 4 is 29.9 Å². The number of ether oxygens (including phenoxy) is 1. The SMILES string of the molecule is CN=C(NCc1cccc(Cn2ccnc2C)c1)N1CCOC(c2cnn(C)c2)C1.I. The summed E-state index contributed by atoms with van der Waals surface area (Å²) in [6, 6.07) is 8.63. The topological polar surface area (TPSA) is 72.5 Å². The zero-order chi connectivity index (χ0) is 20.9. The van der Waals surface area contributed by atoms with E-state index in [0.29, 0.717) is 6.61 Å². The molecule has 3 heterocycles. The highest BCUT2D eigenvalue weighted by Crippen LogP contribution is 2.21. The summed E-state index contributed by atoms with van der Waals surface area (Å²) in [4.78, 5) is 11.0. The molecule has 4 rings (SSSR count). The largest absolute Gasteiger partial charge is 0.370 e. The van der Waals surface area contributed by atoms with E-state index in [1.807, 2.05) is 50.5 Å². The summed E-state index contributed by atoms with van der Waals surface area (Å²) in [5, 5.41) is 7.78. The summed E-state index contributed by atoms with van der Waals surface area (Å²) in [6.07, 6.45) is 7.74. The van der Waals surface area contributed by atoms with Gasteiger partial charge in [-0.1, -0.05) is 24.3 Å². The van der Waals surface area contributed by atoms with Crippen LogP contribution < -0.4 is 5.32 Å². The van der Waals surface area contributed by atoms with Gasteiger partial charge in [-0.2, -0.15) is 5.10 Å². The third-order valence-electron chi connectivity index (χ3n) is 5.39. The maximum Gasteiger partial charge on any atom is 0.194 e. The van der Waals surface area contributed by atoms with Crippen molar-refractivity contribution in [2.45, 2.75) is 26.1 Å². The first-order chi connectivity index (χ1) is 14.6. The summed E-state index contributed by atoms with van der Waals surface area (Å²) < 4.78 is 9.91. The normalized spacial score (nSPS) is 16.8. The molecule has 2 aromatic heterocycles. The first kappa shape index (κ1) is 23.3. The Morgan fingerprint density at radius 2 is 2.16 bits per heavy atom. The number of benzene rings is 1. The van der Waals surface area contributed by atoms with Crippen LogP contribution in [-0.4, -0.2) is 56.9 Å². The molecule has 1 N–H and O–H groups in total. The van der Waals surface area contributed by atoms with Gasteiger partial charge in [-0.05, 0) is 18.1 Å². The molecule has 0 saturated carbocycles. The van der Waals surface area contributed by atoms with E-state index in [0.717, 1.165) is 43.5 Å². The molecule has 1 aliphatic heterocycles. The van der Waals surface area contributed by atoms with Crippen molar-refractivity contribution in [3.63, 3.8) is 0 Å².